The van der Waals surface area contributed by atoms with Gasteiger partial charge in [-0.25, -0.2) is 0 Å². The molecule has 0 fully saturated rings. The number of hydrogen-bond acceptors (Lipinski definition) is 3. The van der Waals surface area contributed by atoms with E-state index >= 15 is 0 Å². The molecule has 110 valence electrons. The number of benzene rings is 2. The molecule has 0 aliphatic carbocycles. The van der Waals surface area contributed by atoms with E-state index in [9.17, 15) is 0 Å². The van der Waals surface area contributed by atoms with Crippen molar-refractivity contribution in [3.05, 3.63) is 47.5 Å². The predicted molar refractivity (Wildman–Crippen MR) is 92.3 cm³/mol. The van der Waals surface area contributed by atoms with Gasteiger partial charge in [-0.1, -0.05) is 19.1 Å². The van der Waals surface area contributed by atoms with Crippen LogP contribution in [0.25, 0.3) is 0 Å². The molecule has 0 unspecified atom stereocenters. The van der Waals surface area contributed by atoms with Crippen molar-refractivity contribution in [2.45, 2.75) is 12.8 Å². The fourth-order valence-electron chi connectivity index (χ4n) is 2.93. The molecule has 21 heavy (non-hydrogen) atoms. The molecule has 0 radical (unpaired) electrons. The summed E-state index contributed by atoms with van der Waals surface area (Å²) in [6, 6.07) is 13.3. The van der Waals surface area contributed by atoms with Gasteiger partial charge < -0.3 is 15.1 Å². The Morgan fingerprint density at radius 2 is 1.19 bits per heavy atom. The van der Waals surface area contributed by atoms with Crippen LogP contribution in [0.5, 0.6) is 0 Å². The minimum absolute atomic E-state index is 0.420. The molecule has 1 N–H and O–H groups in total. The first-order chi connectivity index (χ1) is 9.97. The van der Waals surface area contributed by atoms with E-state index in [1.165, 1.54) is 33.9 Å². The van der Waals surface area contributed by atoms with E-state index in [0.29, 0.717) is 5.92 Å². The van der Waals surface area contributed by atoms with Crippen LogP contribution in [0, 0.1) is 0 Å². The van der Waals surface area contributed by atoms with Crippen LogP contribution in [0.3, 0.4) is 0 Å². The van der Waals surface area contributed by atoms with Crippen molar-refractivity contribution in [2.24, 2.45) is 0 Å². The summed E-state index contributed by atoms with van der Waals surface area (Å²) in [5.74, 6) is 0.420. The van der Waals surface area contributed by atoms with Crippen molar-refractivity contribution < 1.29 is 0 Å². The first-order valence-electron chi connectivity index (χ1n) is 7.37. The van der Waals surface area contributed by atoms with E-state index in [0.717, 1.165) is 0 Å². The smallest absolute Gasteiger partial charge is 0.0443 e. The van der Waals surface area contributed by atoms with Gasteiger partial charge in [0.15, 0.2) is 0 Å². The molecule has 0 bridgehead atoms. The lowest BCUT2D eigenvalue weighted by atomic mass is 9.87. The lowest BCUT2D eigenvalue weighted by Crippen LogP contribution is -2.15. The largest absolute Gasteiger partial charge is 0.378 e. The van der Waals surface area contributed by atoms with Crippen LogP contribution in [0.15, 0.2) is 36.4 Å². The first-order valence-corrected chi connectivity index (χ1v) is 7.37. The fourth-order valence-corrected chi connectivity index (χ4v) is 2.93. The van der Waals surface area contributed by atoms with E-state index < -0.39 is 0 Å². The Hall–Kier alpha value is -2.16. The molecule has 0 saturated heterocycles. The van der Waals surface area contributed by atoms with Crippen LogP contribution in [-0.4, -0.2) is 28.2 Å². The van der Waals surface area contributed by atoms with Crippen LogP contribution >= 0.6 is 0 Å². The third-order valence-electron chi connectivity index (χ3n) is 4.31. The monoisotopic (exact) mass is 281 g/mol. The Labute approximate surface area is 127 Å². The van der Waals surface area contributed by atoms with Gasteiger partial charge in [0, 0.05) is 56.9 Å². The highest BCUT2D eigenvalue weighted by Crippen LogP contribution is 2.43. The summed E-state index contributed by atoms with van der Waals surface area (Å²) in [6.07, 6.45) is 0. The van der Waals surface area contributed by atoms with Crippen molar-refractivity contribution in [1.29, 1.82) is 0 Å². The van der Waals surface area contributed by atoms with E-state index in [1.807, 2.05) is 0 Å². The number of anilines is 4. The lowest BCUT2D eigenvalue weighted by Gasteiger charge is -2.29. The highest BCUT2D eigenvalue weighted by Gasteiger charge is 2.22. The van der Waals surface area contributed by atoms with Crippen LogP contribution in [-0.2, 0) is 0 Å². The molecule has 1 aliphatic rings. The van der Waals surface area contributed by atoms with Gasteiger partial charge in [-0.3, -0.25) is 0 Å². The van der Waals surface area contributed by atoms with Crippen molar-refractivity contribution >= 4 is 22.7 Å². The van der Waals surface area contributed by atoms with Crippen molar-refractivity contribution in [2.75, 3.05) is 43.3 Å². The molecule has 3 nitrogen and oxygen atoms in total. The number of nitrogens with one attached hydrogen (secondary N) is 1. The SMILES string of the molecule is CC1c2ccc(N(C)C)cc2Nc2cc(N(C)C)ccc21. The van der Waals surface area contributed by atoms with Gasteiger partial charge in [0.25, 0.3) is 0 Å². The summed E-state index contributed by atoms with van der Waals surface area (Å²) in [7, 11) is 8.30. The van der Waals surface area contributed by atoms with Crippen molar-refractivity contribution in [3.63, 3.8) is 0 Å². The third-order valence-corrected chi connectivity index (χ3v) is 4.31. The summed E-state index contributed by atoms with van der Waals surface area (Å²) >= 11 is 0. The second-order valence-corrected chi connectivity index (χ2v) is 6.18. The van der Waals surface area contributed by atoms with Crippen LogP contribution in [0.4, 0.5) is 22.7 Å². The van der Waals surface area contributed by atoms with E-state index in [-0.39, 0.29) is 0 Å². The van der Waals surface area contributed by atoms with E-state index in [2.05, 4.69) is 86.6 Å². The molecule has 3 heteroatoms. The lowest BCUT2D eigenvalue weighted by molar-refractivity contribution is 0.910. The van der Waals surface area contributed by atoms with Gasteiger partial charge in [-0.15, -0.1) is 0 Å². The van der Waals surface area contributed by atoms with Crippen LogP contribution in [0.1, 0.15) is 24.0 Å². The fraction of sp³-hybridized carbons (Fsp3) is 0.333. The van der Waals surface area contributed by atoms with Gasteiger partial charge in [0.05, 0.1) is 0 Å². The minimum Gasteiger partial charge on any atom is -0.378 e. The number of rotatable bonds is 2. The standard InChI is InChI=1S/C18H23N3/c1-12-15-8-6-13(20(2)3)10-17(15)19-18-11-14(21(4)5)7-9-16(12)18/h6-12,19H,1-5H3. The third kappa shape index (κ3) is 2.33. The topological polar surface area (TPSA) is 18.5 Å². The van der Waals surface area contributed by atoms with E-state index in [4.69, 9.17) is 0 Å². The van der Waals surface area contributed by atoms with Crippen molar-refractivity contribution in [3.8, 4) is 0 Å². The second-order valence-electron chi connectivity index (χ2n) is 6.18. The molecule has 0 spiro atoms. The Morgan fingerprint density at radius 3 is 1.57 bits per heavy atom. The Morgan fingerprint density at radius 1 is 0.762 bits per heavy atom. The van der Waals surface area contributed by atoms with Gasteiger partial charge in [-0.05, 0) is 35.4 Å². The predicted octanol–water partition coefficient (Wildman–Crippen LogP) is 4.03. The maximum atomic E-state index is 3.61. The Kier molecular flexibility index (Phi) is 3.28. The zero-order valence-corrected chi connectivity index (χ0v) is 13.4. The molecular weight excluding hydrogens is 258 g/mol. The summed E-state index contributed by atoms with van der Waals surface area (Å²) in [4.78, 5) is 4.27. The Balaban J connectivity index is 2.06. The Bertz CT molecular complexity index is 617. The van der Waals surface area contributed by atoms with Crippen molar-refractivity contribution in [1.82, 2.24) is 0 Å². The molecule has 0 atom stereocenters. The van der Waals surface area contributed by atoms with Gasteiger partial charge in [0.2, 0.25) is 0 Å². The molecule has 0 aromatic heterocycles. The van der Waals surface area contributed by atoms with Gasteiger partial charge in [0.1, 0.15) is 0 Å². The molecule has 2 aromatic rings. The maximum absolute atomic E-state index is 3.61. The zero-order chi connectivity index (χ0) is 15.1. The number of fused-ring (bicyclic) bond motifs is 2. The molecule has 1 aliphatic heterocycles. The molecule has 3 rings (SSSR count). The molecule has 2 aromatic carbocycles. The quantitative estimate of drug-likeness (QED) is 0.896. The maximum Gasteiger partial charge on any atom is 0.0443 e. The summed E-state index contributed by atoms with van der Waals surface area (Å²) in [5.41, 5.74) is 7.62. The number of hydrogen-bond donors (Lipinski definition) is 1. The number of nitrogens with zero attached hydrogens (tertiary/aromatic N) is 2. The summed E-state index contributed by atoms with van der Waals surface area (Å²) in [5, 5.41) is 3.61. The van der Waals surface area contributed by atoms with Gasteiger partial charge in [-0.2, -0.15) is 0 Å². The molecular formula is C18H23N3. The average Bonchev–Trinajstić information content (AvgIpc) is 2.46. The normalized spacial score (nSPS) is 13.2. The molecule has 0 saturated carbocycles. The highest BCUT2D eigenvalue weighted by atomic mass is 15.1. The molecule has 0 amide bonds. The minimum atomic E-state index is 0.420. The van der Waals surface area contributed by atoms with Gasteiger partial charge >= 0.3 is 0 Å². The first kappa shape index (κ1) is 13.8. The van der Waals surface area contributed by atoms with Crippen LogP contribution < -0.4 is 15.1 Å². The van der Waals surface area contributed by atoms with Crippen LogP contribution in [0.2, 0.25) is 0 Å². The summed E-state index contributed by atoms with van der Waals surface area (Å²) in [6.45, 7) is 2.28. The molecule has 1 heterocycles. The average molecular weight is 281 g/mol. The highest BCUT2D eigenvalue weighted by molar-refractivity contribution is 5.78. The summed E-state index contributed by atoms with van der Waals surface area (Å²) < 4.78 is 0. The second kappa shape index (κ2) is 4.99. The van der Waals surface area contributed by atoms with E-state index in [1.54, 1.807) is 0 Å². The zero-order valence-electron chi connectivity index (χ0n) is 13.4.